The van der Waals surface area contributed by atoms with Gasteiger partial charge in [-0.1, -0.05) is 85.6 Å². The molecule has 0 aliphatic heterocycles. The van der Waals surface area contributed by atoms with Crippen molar-refractivity contribution >= 4 is 23.4 Å². The number of nitrogens with zero attached hydrogens (tertiary/aromatic N) is 2. The number of ether oxygens (including phenoxy) is 1. The van der Waals surface area contributed by atoms with E-state index in [-0.39, 0.29) is 22.6 Å². The summed E-state index contributed by atoms with van der Waals surface area (Å²) in [6, 6.07) is 25.6. The Balaban J connectivity index is 1.40. The third-order valence-corrected chi connectivity index (χ3v) is 9.14. The van der Waals surface area contributed by atoms with Crippen molar-refractivity contribution in [1.82, 2.24) is 9.55 Å². The first-order valence-corrected chi connectivity index (χ1v) is 14.9. The van der Waals surface area contributed by atoms with Crippen LogP contribution < -0.4 is 15.6 Å². The van der Waals surface area contributed by atoms with Gasteiger partial charge in [-0.05, 0) is 54.7 Å². The summed E-state index contributed by atoms with van der Waals surface area (Å²) >= 11 is 1.31. The minimum atomic E-state index is -0.181. The van der Waals surface area contributed by atoms with E-state index in [1.54, 1.807) is 11.7 Å². The molecule has 0 unspecified atom stereocenters. The van der Waals surface area contributed by atoms with E-state index in [2.05, 4.69) is 23.5 Å². The minimum Gasteiger partial charge on any atom is -0.497 e. The number of hydrogen-bond acceptors (Lipinski definition) is 5. The zero-order valence-electron chi connectivity index (χ0n) is 22.7. The standard InChI is InChI=1S/C33H33N3O3S/c1-39-26-16-14-25(15-17-26)34-28(37)22-40-32-35-30-27-13-7-6-12-24(27)20-33(18-8-3-9-19-33)29(30)31(38)36(32)21-23-10-4-2-5-11-23/h2,4-7,10-17H,3,8-9,18-22H2,1H3,(H,34,37). The predicted molar refractivity (Wildman–Crippen MR) is 160 cm³/mol. The topological polar surface area (TPSA) is 73.2 Å². The first-order valence-electron chi connectivity index (χ1n) is 13.9. The van der Waals surface area contributed by atoms with E-state index < -0.39 is 0 Å². The molecule has 1 fully saturated rings. The van der Waals surface area contributed by atoms with Crippen LogP contribution in [0.5, 0.6) is 5.75 Å². The van der Waals surface area contributed by atoms with Gasteiger partial charge in [-0.15, -0.1) is 0 Å². The van der Waals surface area contributed by atoms with Gasteiger partial charge in [0.25, 0.3) is 5.56 Å². The Morgan fingerprint density at radius 3 is 2.45 bits per heavy atom. The van der Waals surface area contributed by atoms with Crippen LogP contribution in [0.1, 0.15) is 48.8 Å². The number of thioether (sulfide) groups is 1. The van der Waals surface area contributed by atoms with Crippen molar-refractivity contribution in [3.63, 3.8) is 0 Å². The molecule has 3 aromatic carbocycles. The Morgan fingerprint density at radius 2 is 1.70 bits per heavy atom. The fourth-order valence-corrected chi connectivity index (χ4v) is 7.03. The van der Waals surface area contributed by atoms with Gasteiger partial charge in [0.05, 0.1) is 30.7 Å². The van der Waals surface area contributed by atoms with Gasteiger partial charge < -0.3 is 10.1 Å². The second-order valence-electron chi connectivity index (χ2n) is 10.7. The van der Waals surface area contributed by atoms with Crippen molar-refractivity contribution < 1.29 is 9.53 Å². The number of fused-ring (bicyclic) bond motifs is 4. The number of hydrogen-bond donors (Lipinski definition) is 1. The molecule has 6 nitrogen and oxygen atoms in total. The summed E-state index contributed by atoms with van der Waals surface area (Å²) in [4.78, 5) is 32.7. The molecule has 2 aliphatic carbocycles. The predicted octanol–water partition coefficient (Wildman–Crippen LogP) is 6.46. The maximum atomic E-state index is 14.5. The number of aromatic nitrogens is 2. The molecule has 0 saturated heterocycles. The van der Waals surface area contributed by atoms with Crippen LogP contribution >= 0.6 is 11.8 Å². The number of carbonyl (C=O) groups is 1. The van der Waals surface area contributed by atoms with Gasteiger partial charge in [0.15, 0.2) is 5.16 Å². The molecule has 1 amide bonds. The van der Waals surface area contributed by atoms with Crippen molar-refractivity contribution in [2.24, 2.45) is 0 Å². The molecular weight excluding hydrogens is 518 g/mol. The molecular formula is C33H33N3O3S. The van der Waals surface area contributed by atoms with Gasteiger partial charge in [-0.3, -0.25) is 14.2 Å². The lowest BCUT2D eigenvalue weighted by Gasteiger charge is -2.42. The Bertz CT molecular complexity index is 1580. The quantitative estimate of drug-likeness (QED) is 0.211. The lowest BCUT2D eigenvalue weighted by Crippen LogP contribution is -2.43. The highest BCUT2D eigenvalue weighted by atomic mass is 32.2. The number of anilines is 1. The van der Waals surface area contributed by atoms with Crippen LogP contribution in [0.25, 0.3) is 11.3 Å². The van der Waals surface area contributed by atoms with Crippen LogP contribution in [-0.4, -0.2) is 28.3 Å². The Hall–Kier alpha value is -3.84. The average Bonchev–Trinajstić information content (AvgIpc) is 2.99. The third-order valence-electron chi connectivity index (χ3n) is 8.17. The molecule has 204 valence electrons. The molecule has 0 atom stereocenters. The average molecular weight is 552 g/mol. The fraction of sp³-hybridized carbons (Fsp3) is 0.303. The molecule has 0 radical (unpaired) electrons. The summed E-state index contributed by atoms with van der Waals surface area (Å²) in [5.41, 5.74) is 5.55. The van der Waals surface area contributed by atoms with E-state index in [0.29, 0.717) is 17.4 Å². The van der Waals surface area contributed by atoms with Crippen LogP contribution in [0.4, 0.5) is 5.69 Å². The molecule has 1 spiro atoms. The Kier molecular flexibility index (Phi) is 7.48. The van der Waals surface area contributed by atoms with Crippen LogP contribution in [0.2, 0.25) is 0 Å². The van der Waals surface area contributed by atoms with E-state index in [0.717, 1.165) is 60.2 Å². The molecule has 1 N–H and O–H groups in total. The van der Waals surface area contributed by atoms with E-state index >= 15 is 0 Å². The largest absolute Gasteiger partial charge is 0.497 e. The van der Waals surface area contributed by atoms with Crippen LogP contribution in [0, 0.1) is 0 Å². The highest BCUT2D eigenvalue weighted by Gasteiger charge is 2.43. The van der Waals surface area contributed by atoms with Gasteiger partial charge in [-0.25, -0.2) is 4.98 Å². The number of benzene rings is 3. The molecule has 1 aromatic heterocycles. The van der Waals surface area contributed by atoms with E-state index in [4.69, 9.17) is 9.72 Å². The molecule has 6 rings (SSSR count). The second kappa shape index (κ2) is 11.3. The van der Waals surface area contributed by atoms with Crippen molar-refractivity contribution in [3.8, 4) is 17.0 Å². The normalized spacial score (nSPS) is 15.2. The highest BCUT2D eigenvalue weighted by Crippen LogP contribution is 2.48. The van der Waals surface area contributed by atoms with Crippen molar-refractivity contribution in [3.05, 3.63) is 106 Å². The summed E-state index contributed by atoms with van der Waals surface area (Å²) in [7, 11) is 1.61. The van der Waals surface area contributed by atoms with Crippen molar-refractivity contribution in [2.75, 3.05) is 18.2 Å². The summed E-state index contributed by atoms with van der Waals surface area (Å²) in [6.45, 7) is 0.417. The molecule has 1 saturated carbocycles. The highest BCUT2D eigenvalue weighted by molar-refractivity contribution is 7.99. The van der Waals surface area contributed by atoms with Crippen molar-refractivity contribution in [2.45, 2.75) is 55.6 Å². The Morgan fingerprint density at radius 1 is 0.975 bits per heavy atom. The molecule has 7 heteroatoms. The van der Waals surface area contributed by atoms with Crippen molar-refractivity contribution in [1.29, 1.82) is 0 Å². The number of carbonyl (C=O) groups excluding carboxylic acids is 1. The smallest absolute Gasteiger partial charge is 0.258 e. The van der Waals surface area contributed by atoms with Gasteiger partial charge in [0.1, 0.15) is 5.75 Å². The lowest BCUT2D eigenvalue weighted by molar-refractivity contribution is -0.113. The van der Waals surface area contributed by atoms with Crippen LogP contribution in [-0.2, 0) is 23.2 Å². The lowest BCUT2D eigenvalue weighted by atomic mass is 9.62. The molecule has 2 aliphatic rings. The van der Waals surface area contributed by atoms with Gasteiger partial charge >= 0.3 is 0 Å². The van der Waals surface area contributed by atoms with Crippen LogP contribution in [0.3, 0.4) is 0 Å². The van der Waals surface area contributed by atoms with E-state index in [1.165, 1.54) is 23.7 Å². The SMILES string of the molecule is COc1ccc(NC(=O)CSc2nc3c(c(=O)n2Cc2ccccc2)C2(CCCCC2)Cc2ccccc2-3)cc1. The minimum absolute atomic E-state index is 0.0309. The third kappa shape index (κ3) is 5.18. The van der Waals surface area contributed by atoms with E-state index in [9.17, 15) is 9.59 Å². The first-order chi connectivity index (χ1) is 19.6. The zero-order valence-corrected chi connectivity index (χ0v) is 23.5. The van der Waals surface area contributed by atoms with Gasteiger partial charge in [0, 0.05) is 16.7 Å². The number of rotatable bonds is 7. The fourth-order valence-electron chi connectivity index (χ4n) is 6.24. The zero-order chi connectivity index (χ0) is 27.5. The maximum Gasteiger partial charge on any atom is 0.258 e. The summed E-state index contributed by atoms with van der Waals surface area (Å²) in [5.74, 6) is 0.711. The van der Waals surface area contributed by atoms with E-state index in [1.807, 2.05) is 60.7 Å². The van der Waals surface area contributed by atoms with Gasteiger partial charge in [-0.2, -0.15) is 0 Å². The molecule has 1 heterocycles. The summed E-state index contributed by atoms with van der Waals surface area (Å²) in [6.07, 6.45) is 6.36. The van der Waals surface area contributed by atoms with Crippen LogP contribution in [0.15, 0.2) is 88.8 Å². The van der Waals surface area contributed by atoms with Gasteiger partial charge in [0.2, 0.25) is 5.91 Å². The Labute approximate surface area is 238 Å². The number of nitrogens with one attached hydrogen (secondary N) is 1. The second-order valence-corrected chi connectivity index (χ2v) is 11.7. The number of methoxy groups -OCH3 is 1. The monoisotopic (exact) mass is 551 g/mol. The summed E-state index contributed by atoms with van der Waals surface area (Å²) in [5, 5.41) is 3.51. The first kappa shape index (κ1) is 26.4. The number of amides is 1. The maximum absolute atomic E-state index is 14.5. The summed E-state index contributed by atoms with van der Waals surface area (Å²) < 4.78 is 7.00. The molecule has 40 heavy (non-hydrogen) atoms. The molecule has 4 aromatic rings. The molecule has 0 bridgehead atoms.